The first kappa shape index (κ1) is 31.6. The van der Waals surface area contributed by atoms with Gasteiger partial charge >= 0.3 is 17.9 Å². The number of ether oxygens (including phenoxy) is 5. The molecule has 0 bridgehead atoms. The second-order valence-corrected chi connectivity index (χ2v) is 14.5. The minimum absolute atomic E-state index is 0.0474. The van der Waals surface area contributed by atoms with E-state index in [-0.39, 0.29) is 43.2 Å². The number of carbonyl (C=O) groups is 4. The molecule has 11 heteroatoms. The summed E-state index contributed by atoms with van der Waals surface area (Å²) in [6.45, 7) is 6.72. The van der Waals surface area contributed by atoms with Crippen LogP contribution in [0.4, 0.5) is 0 Å². The van der Waals surface area contributed by atoms with Gasteiger partial charge in [0.1, 0.15) is 19.0 Å². The standard InChI is InChI=1S/C33H46O11/c1-18-29(43-20(3)36)26(42-19(2)35)14-28(41-18)44-22-5-10-31(17-34)24-6-9-30(4)23(21-13-27(37)40-16-21)8-12-33(30,39)25(24)7-11-32(31,38)15-22/h13,17-18,22-26,28-29,38-39H,5-12,14-16H2,1-4H3/t18-,22-,23-,24+,25-,26-,28+,29-,30+,31-,32+,33-/m0/s1. The summed E-state index contributed by atoms with van der Waals surface area (Å²) in [6, 6.07) is 0. The molecule has 244 valence electrons. The molecule has 0 aromatic heterocycles. The van der Waals surface area contributed by atoms with Crippen LogP contribution >= 0.6 is 0 Å². The van der Waals surface area contributed by atoms with E-state index in [2.05, 4.69) is 6.92 Å². The molecule has 0 spiro atoms. The van der Waals surface area contributed by atoms with E-state index in [1.807, 2.05) is 0 Å². The van der Waals surface area contributed by atoms with Crippen molar-refractivity contribution in [2.24, 2.45) is 28.6 Å². The quantitative estimate of drug-likeness (QED) is 0.195. The molecular formula is C33H46O11. The number of cyclic esters (lactones) is 1. The summed E-state index contributed by atoms with van der Waals surface area (Å²) < 4.78 is 28.5. The van der Waals surface area contributed by atoms with Crippen molar-refractivity contribution in [1.82, 2.24) is 0 Å². The van der Waals surface area contributed by atoms with Crippen LogP contribution in [0.2, 0.25) is 0 Å². The van der Waals surface area contributed by atoms with Gasteiger partial charge in [-0.2, -0.15) is 0 Å². The second-order valence-electron chi connectivity index (χ2n) is 14.5. The maximum Gasteiger partial charge on any atom is 0.331 e. The molecule has 6 rings (SSSR count). The van der Waals surface area contributed by atoms with Gasteiger partial charge in [-0.05, 0) is 81.6 Å². The minimum Gasteiger partial charge on any atom is -0.458 e. The van der Waals surface area contributed by atoms with Gasteiger partial charge in [0, 0.05) is 38.2 Å². The predicted octanol–water partition coefficient (Wildman–Crippen LogP) is 2.92. The van der Waals surface area contributed by atoms with Crippen molar-refractivity contribution >= 4 is 24.2 Å². The van der Waals surface area contributed by atoms with Crippen LogP contribution in [0, 0.1) is 28.6 Å². The molecule has 4 aliphatic carbocycles. The van der Waals surface area contributed by atoms with E-state index in [9.17, 15) is 29.4 Å². The Kier molecular flexibility index (Phi) is 8.03. The van der Waals surface area contributed by atoms with Crippen LogP contribution in [-0.4, -0.2) is 82.9 Å². The molecule has 2 heterocycles. The molecule has 2 N–H and O–H groups in total. The molecule has 6 aliphatic rings. The van der Waals surface area contributed by atoms with Gasteiger partial charge in [-0.1, -0.05) is 6.92 Å². The molecular weight excluding hydrogens is 572 g/mol. The molecule has 0 aromatic rings. The molecule has 0 unspecified atom stereocenters. The summed E-state index contributed by atoms with van der Waals surface area (Å²) in [7, 11) is 0. The van der Waals surface area contributed by atoms with Crippen LogP contribution in [0.25, 0.3) is 0 Å². The minimum atomic E-state index is -1.30. The van der Waals surface area contributed by atoms with Crippen molar-refractivity contribution in [3.05, 3.63) is 11.6 Å². The topological polar surface area (TPSA) is 155 Å². The molecule has 2 aliphatic heterocycles. The molecule has 0 radical (unpaired) electrons. The van der Waals surface area contributed by atoms with E-state index in [4.69, 9.17) is 23.7 Å². The highest BCUT2D eigenvalue weighted by Crippen LogP contribution is 2.70. The maximum atomic E-state index is 13.1. The fourth-order valence-corrected chi connectivity index (χ4v) is 10.4. The van der Waals surface area contributed by atoms with Crippen LogP contribution in [-0.2, 0) is 42.9 Å². The lowest BCUT2D eigenvalue weighted by molar-refractivity contribution is -0.288. The van der Waals surface area contributed by atoms with E-state index < -0.39 is 64.7 Å². The molecule has 0 amide bonds. The van der Waals surface area contributed by atoms with Gasteiger partial charge in [-0.3, -0.25) is 9.59 Å². The first-order valence-corrected chi connectivity index (χ1v) is 16.2. The number of aliphatic hydroxyl groups is 2. The number of hydrogen-bond donors (Lipinski definition) is 2. The lowest BCUT2D eigenvalue weighted by Crippen LogP contribution is -2.69. The third-order valence-corrected chi connectivity index (χ3v) is 12.4. The monoisotopic (exact) mass is 618 g/mol. The highest BCUT2D eigenvalue weighted by molar-refractivity contribution is 5.85. The van der Waals surface area contributed by atoms with Crippen LogP contribution in [0.3, 0.4) is 0 Å². The van der Waals surface area contributed by atoms with Crippen LogP contribution < -0.4 is 0 Å². The van der Waals surface area contributed by atoms with E-state index in [0.29, 0.717) is 44.9 Å². The normalized spacial score (nSPS) is 48.2. The Labute approximate surface area is 257 Å². The molecule has 0 aromatic carbocycles. The lowest BCUT2D eigenvalue weighted by atomic mass is 9.41. The Bertz CT molecular complexity index is 1230. The molecule has 44 heavy (non-hydrogen) atoms. The first-order valence-electron chi connectivity index (χ1n) is 16.2. The molecule has 12 atom stereocenters. The summed E-state index contributed by atoms with van der Waals surface area (Å²) >= 11 is 0. The number of esters is 3. The Morgan fingerprint density at radius 1 is 1.00 bits per heavy atom. The van der Waals surface area contributed by atoms with Crippen LogP contribution in [0.15, 0.2) is 11.6 Å². The number of hydrogen-bond acceptors (Lipinski definition) is 11. The Morgan fingerprint density at radius 2 is 1.73 bits per heavy atom. The summed E-state index contributed by atoms with van der Waals surface area (Å²) in [5.74, 6) is -1.59. The van der Waals surface area contributed by atoms with Gasteiger partial charge in [-0.15, -0.1) is 0 Å². The van der Waals surface area contributed by atoms with Crippen molar-refractivity contribution in [2.75, 3.05) is 6.61 Å². The largest absolute Gasteiger partial charge is 0.458 e. The van der Waals surface area contributed by atoms with Crippen molar-refractivity contribution in [3.8, 4) is 0 Å². The third kappa shape index (κ3) is 4.84. The van der Waals surface area contributed by atoms with Crippen molar-refractivity contribution in [1.29, 1.82) is 0 Å². The van der Waals surface area contributed by atoms with Gasteiger partial charge < -0.3 is 38.7 Å². The third-order valence-electron chi connectivity index (χ3n) is 12.4. The average Bonchev–Trinajstić information content (AvgIpc) is 3.49. The highest BCUT2D eigenvalue weighted by atomic mass is 16.7. The van der Waals surface area contributed by atoms with E-state index >= 15 is 0 Å². The molecule has 11 nitrogen and oxygen atoms in total. The fraction of sp³-hybridized carbons (Fsp3) is 0.818. The van der Waals surface area contributed by atoms with Crippen molar-refractivity contribution in [2.45, 2.75) is 134 Å². The smallest absolute Gasteiger partial charge is 0.331 e. The zero-order valence-electron chi connectivity index (χ0n) is 26.1. The van der Waals surface area contributed by atoms with Gasteiger partial charge in [0.15, 0.2) is 12.4 Å². The van der Waals surface area contributed by atoms with Gasteiger partial charge in [0.05, 0.1) is 28.8 Å². The number of rotatable bonds is 6. The zero-order valence-corrected chi connectivity index (χ0v) is 26.1. The maximum absolute atomic E-state index is 13.1. The lowest BCUT2D eigenvalue weighted by Gasteiger charge is -2.65. The van der Waals surface area contributed by atoms with Crippen LogP contribution in [0.5, 0.6) is 0 Å². The fourth-order valence-electron chi connectivity index (χ4n) is 10.4. The van der Waals surface area contributed by atoms with Crippen molar-refractivity contribution < 1.29 is 53.1 Å². The summed E-state index contributed by atoms with van der Waals surface area (Å²) in [6.07, 6.45) is 4.39. The SMILES string of the molecule is CC(=O)O[C@H]1[C@H](C)O[C@H](O[C@H]2CC[C@]3(C=O)[C@@H]4CC[C@]5(C)[C@H](C6=CC(=O)OC6)CC[C@]5(O)[C@H]4CC[C@@]3(O)C2)C[C@@H]1OC(C)=O. The molecule has 4 saturated carbocycles. The molecule has 5 fully saturated rings. The van der Waals surface area contributed by atoms with Gasteiger partial charge in [0.2, 0.25) is 0 Å². The van der Waals surface area contributed by atoms with Gasteiger partial charge in [-0.25, -0.2) is 4.79 Å². The van der Waals surface area contributed by atoms with Crippen molar-refractivity contribution in [3.63, 3.8) is 0 Å². The zero-order chi connectivity index (χ0) is 31.7. The van der Waals surface area contributed by atoms with Crippen LogP contribution in [0.1, 0.15) is 91.9 Å². The summed E-state index contributed by atoms with van der Waals surface area (Å²) in [4.78, 5) is 48.4. The molecule has 1 saturated heterocycles. The van der Waals surface area contributed by atoms with Gasteiger partial charge in [0.25, 0.3) is 0 Å². The van der Waals surface area contributed by atoms with E-state index in [1.165, 1.54) is 13.8 Å². The number of aldehydes is 1. The van der Waals surface area contributed by atoms with E-state index in [1.54, 1.807) is 13.0 Å². The summed E-state index contributed by atoms with van der Waals surface area (Å²) in [5, 5.41) is 24.7. The Morgan fingerprint density at radius 3 is 2.39 bits per heavy atom. The average molecular weight is 619 g/mol. The predicted molar refractivity (Wildman–Crippen MR) is 153 cm³/mol. The highest BCUT2D eigenvalue weighted by Gasteiger charge is 2.71. The summed E-state index contributed by atoms with van der Waals surface area (Å²) in [5.41, 5.74) is -2.79. The second kappa shape index (κ2) is 11.2. The Balaban J connectivity index is 1.18. The number of carbonyl (C=O) groups excluding carboxylic acids is 4. The number of fused-ring (bicyclic) bond motifs is 5. The van der Waals surface area contributed by atoms with E-state index in [0.717, 1.165) is 18.3 Å². The Hall–Kier alpha value is -2.34. The first-order chi connectivity index (χ1) is 20.7.